The van der Waals surface area contributed by atoms with Gasteiger partial charge in [0.25, 0.3) is 0 Å². The van der Waals surface area contributed by atoms with Crippen molar-refractivity contribution in [1.82, 2.24) is 5.32 Å². The Morgan fingerprint density at radius 3 is 2.90 bits per heavy atom. The molecule has 0 saturated carbocycles. The molecule has 0 bridgehead atoms. The van der Waals surface area contributed by atoms with Crippen molar-refractivity contribution in [3.05, 3.63) is 35.9 Å². The Morgan fingerprint density at radius 2 is 2.20 bits per heavy atom. The van der Waals surface area contributed by atoms with Crippen LogP contribution >= 0.6 is 0 Å². The first-order valence-corrected chi connectivity index (χ1v) is 7.27. The maximum Gasteiger partial charge on any atom is 0.310 e. The van der Waals surface area contributed by atoms with Crippen molar-refractivity contribution in [2.75, 3.05) is 19.8 Å². The second kappa shape index (κ2) is 7.41. The van der Waals surface area contributed by atoms with E-state index < -0.39 is 0 Å². The number of benzene rings is 1. The maximum atomic E-state index is 12.0. The molecule has 1 aromatic carbocycles. The van der Waals surface area contributed by atoms with Crippen LogP contribution in [0.4, 0.5) is 0 Å². The molecule has 0 aromatic heterocycles. The molecule has 4 heteroatoms. The van der Waals surface area contributed by atoms with E-state index in [1.165, 1.54) is 5.56 Å². The van der Waals surface area contributed by atoms with Crippen LogP contribution in [-0.2, 0) is 14.3 Å². The van der Waals surface area contributed by atoms with Crippen LogP contribution in [0.5, 0.6) is 0 Å². The summed E-state index contributed by atoms with van der Waals surface area (Å²) < 4.78 is 10.7. The van der Waals surface area contributed by atoms with Crippen molar-refractivity contribution >= 4 is 5.97 Å². The fourth-order valence-corrected chi connectivity index (χ4v) is 2.59. The maximum absolute atomic E-state index is 12.0. The van der Waals surface area contributed by atoms with E-state index >= 15 is 0 Å². The predicted octanol–water partition coefficient (Wildman–Crippen LogP) is 2.31. The van der Waals surface area contributed by atoms with Crippen LogP contribution in [0.3, 0.4) is 0 Å². The van der Waals surface area contributed by atoms with Gasteiger partial charge in [-0.05, 0) is 25.8 Å². The lowest BCUT2D eigenvalue weighted by Gasteiger charge is -2.33. The molecule has 1 aliphatic heterocycles. The number of rotatable bonds is 5. The van der Waals surface area contributed by atoms with Gasteiger partial charge in [-0.1, -0.05) is 30.3 Å². The van der Waals surface area contributed by atoms with Gasteiger partial charge in [-0.2, -0.15) is 0 Å². The lowest BCUT2D eigenvalue weighted by Crippen LogP contribution is -2.48. The van der Waals surface area contributed by atoms with Crippen LogP contribution in [0.2, 0.25) is 0 Å². The average Bonchev–Trinajstić information content (AvgIpc) is 2.49. The summed E-state index contributed by atoms with van der Waals surface area (Å²) >= 11 is 0. The molecule has 110 valence electrons. The van der Waals surface area contributed by atoms with Crippen LogP contribution < -0.4 is 5.32 Å². The highest BCUT2D eigenvalue weighted by molar-refractivity contribution is 5.73. The third kappa shape index (κ3) is 3.81. The fraction of sp³-hybridized carbons (Fsp3) is 0.562. The summed E-state index contributed by atoms with van der Waals surface area (Å²) in [6.45, 7) is 5.55. The van der Waals surface area contributed by atoms with Crippen molar-refractivity contribution in [2.24, 2.45) is 5.92 Å². The Kier molecular flexibility index (Phi) is 5.56. The van der Waals surface area contributed by atoms with Crippen LogP contribution in [0, 0.1) is 5.92 Å². The van der Waals surface area contributed by atoms with E-state index in [9.17, 15) is 4.79 Å². The van der Waals surface area contributed by atoms with Gasteiger partial charge in [-0.3, -0.25) is 4.79 Å². The summed E-state index contributed by atoms with van der Waals surface area (Å²) in [5, 5.41) is 3.50. The molecule has 0 radical (unpaired) electrons. The summed E-state index contributed by atoms with van der Waals surface area (Å²) in [7, 11) is 0. The Labute approximate surface area is 120 Å². The highest BCUT2D eigenvalue weighted by atomic mass is 16.5. The number of esters is 1. The van der Waals surface area contributed by atoms with E-state index in [-0.39, 0.29) is 24.0 Å². The zero-order valence-electron chi connectivity index (χ0n) is 12.2. The molecule has 3 atom stereocenters. The van der Waals surface area contributed by atoms with Gasteiger partial charge in [0.2, 0.25) is 0 Å². The van der Waals surface area contributed by atoms with Gasteiger partial charge >= 0.3 is 5.97 Å². The minimum atomic E-state index is -0.117. The van der Waals surface area contributed by atoms with Crippen molar-refractivity contribution < 1.29 is 14.3 Å². The number of hydrogen-bond acceptors (Lipinski definition) is 4. The van der Waals surface area contributed by atoms with Gasteiger partial charge < -0.3 is 14.8 Å². The normalized spacial score (nSPS) is 24.1. The second-order valence-electron chi connectivity index (χ2n) is 5.13. The van der Waals surface area contributed by atoms with Gasteiger partial charge in [0.05, 0.1) is 19.1 Å². The SMILES string of the molecule is CCOC(=O)C1CCOCC1NC(C)c1ccccc1. The van der Waals surface area contributed by atoms with Crippen LogP contribution in [0.25, 0.3) is 0 Å². The molecule has 1 N–H and O–H groups in total. The van der Waals surface area contributed by atoms with Gasteiger partial charge in [0.15, 0.2) is 0 Å². The molecular formula is C16H23NO3. The topological polar surface area (TPSA) is 47.6 Å². The van der Waals surface area contributed by atoms with E-state index in [0.29, 0.717) is 19.8 Å². The molecule has 0 aliphatic carbocycles. The van der Waals surface area contributed by atoms with Crippen molar-refractivity contribution in [3.8, 4) is 0 Å². The Morgan fingerprint density at radius 1 is 1.45 bits per heavy atom. The van der Waals surface area contributed by atoms with E-state index in [1.54, 1.807) is 0 Å². The minimum Gasteiger partial charge on any atom is -0.466 e. The van der Waals surface area contributed by atoms with E-state index in [4.69, 9.17) is 9.47 Å². The molecule has 0 amide bonds. The van der Waals surface area contributed by atoms with Crippen LogP contribution in [0.1, 0.15) is 31.9 Å². The number of carbonyl (C=O) groups excluding carboxylic acids is 1. The third-order valence-electron chi connectivity index (χ3n) is 3.71. The molecule has 1 aromatic rings. The van der Waals surface area contributed by atoms with Crippen LogP contribution in [-0.4, -0.2) is 31.8 Å². The van der Waals surface area contributed by atoms with Gasteiger partial charge in [0.1, 0.15) is 0 Å². The van der Waals surface area contributed by atoms with Crippen molar-refractivity contribution in [2.45, 2.75) is 32.4 Å². The molecule has 1 fully saturated rings. The molecule has 20 heavy (non-hydrogen) atoms. The third-order valence-corrected chi connectivity index (χ3v) is 3.71. The summed E-state index contributed by atoms with van der Waals surface area (Å²) in [5.41, 5.74) is 1.21. The summed E-state index contributed by atoms with van der Waals surface area (Å²) in [5.74, 6) is -0.233. The minimum absolute atomic E-state index is 0.0120. The molecule has 4 nitrogen and oxygen atoms in total. The average molecular weight is 277 g/mol. The monoisotopic (exact) mass is 277 g/mol. The van der Waals surface area contributed by atoms with Gasteiger partial charge in [-0.25, -0.2) is 0 Å². The first-order valence-electron chi connectivity index (χ1n) is 7.27. The molecule has 1 heterocycles. The standard InChI is InChI=1S/C16H23NO3/c1-3-20-16(18)14-9-10-19-11-15(14)17-12(2)13-7-5-4-6-8-13/h4-8,12,14-15,17H,3,9-11H2,1-2H3. The van der Waals surface area contributed by atoms with Gasteiger partial charge in [0, 0.05) is 18.7 Å². The molecule has 0 spiro atoms. The largest absolute Gasteiger partial charge is 0.466 e. The molecule has 3 unspecified atom stereocenters. The van der Waals surface area contributed by atoms with Crippen molar-refractivity contribution in [1.29, 1.82) is 0 Å². The number of carbonyl (C=O) groups is 1. The highest BCUT2D eigenvalue weighted by Gasteiger charge is 2.33. The Bertz CT molecular complexity index is 421. The number of ether oxygens (including phenoxy) is 2. The van der Waals surface area contributed by atoms with E-state index in [2.05, 4.69) is 24.4 Å². The molecule has 1 saturated heterocycles. The second-order valence-corrected chi connectivity index (χ2v) is 5.13. The zero-order chi connectivity index (χ0) is 14.4. The zero-order valence-corrected chi connectivity index (χ0v) is 12.2. The van der Waals surface area contributed by atoms with Crippen molar-refractivity contribution in [3.63, 3.8) is 0 Å². The summed E-state index contributed by atoms with van der Waals surface area (Å²) in [6.07, 6.45) is 0.720. The smallest absolute Gasteiger partial charge is 0.310 e. The molecule has 1 aliphatic rings. The summed E-state index contributed by atoms with van der Waals surface area (Å²) in [4.78, 5) is 12.0. The Hall–Kier alpha value is -1.39. The van der Waals surface area contributed by atoms with Crippen LogP contribution in [0.15, 0.2) is 30.3 Å². The predicted molar refractivity (Wildman–Crippen MR) is 77.3 cm³/mol. The molecular weight excluding hydrogens is 254 g/mol. The van der Waals surface area contributed by atoms with Gasteiger partial charge in [-0.15, -0.1) is 0 Å². The highest BCUT2D eigenvalue weighted by Crippen LogP contribution is 2.21. The fourth-order valence-electron chi connectivity index (χ4n) is 2.59. The quantitative estimate of drug-likeness (QED) is 0.839. The molecule has 2 rings (SSSR count). The lowest BCUT2D eigenvalue weighted by atomic mass is 9.93. The van der Waals surface area contributed by atoms with E-state index in [0.717, 1.165) is 6.42 Å². The first-order chi connectivity index (χ1) is 9.72. The number of nitrogens with one attached hydrogen (secondary N) is 1. The Balaban J connectivity index is 2.00. The summed E-state index contributed by atoms with van der Waals surface area (Å²) in [6, 6.07) is 10.4. The first kappa shape index (κ1) is 15.0. The van der Waals surface area contributed by atoms with E-state index in [1.807, 2.05) is 25.1 Å². The number of hydrogen-bond donors (Lipinski definition) is 1. The lowest BCUT2D eigenvalue weighted by molar-refractivity contribution is -0.152.